The third-order valence-corrected chi connectivity index (χ3v) is 7.06. The molecule has 4 rings (SSSR count). The summed E-state index contributed by atoms with van der Waals surface area (Å²) in [6, 6.07) is 15.9. The third-order valence-electron chi connectivity index (χ3n) is 5.84. The topological polar surface area (TPSA) is 104 Å². The van der Waals surface area contributed by atoms with Gasteiger partial charge in [0.2, 0.25) is 5.16 Å². The normalized spacial score (nSPS) is 12.2. The van der Waals surface area contributed by atoms with E-state index in [9.17, 15) is 27.0 Å². The Kier molecular flexibility index (Phi) is 8.83. The number of fused-ring (bicyclic) bond motifs is 1. The van der Waals surface area contributed by atoms with Crippen molar-refractivity contribution >= 4 is 33.8 Å². The molecule has 0 aliphatic heterocycles. The van der Waals surface area contributed by atoms with E-state index in [1.807, 2.05) is 0 Å². The smallest absolute Gasteiger partial charge is 0.422 e. The number of carbonyl (C=O) groups is 2. The zero-order valence-corrected chi connectivity index (χ0v) is 22.4. The van der Waals surface area contributed by atoms with Gasteiger partial charge in [0.1, 0.15) is 12.4 Å². The summed E-state index contributed by atoms with van der Waals surface area (Å²) in [5.41, 5.74) is 1.76. The van der Waals surface area contributed by atoms with E-state index in [0.29, 0.717) is 22.2 Å². The first-order valence-electron chi connectivity index (χ1n) is 12.0. The third kappa shape index (κ3) is 6.84. The number of nitrogens with zero attached hydrogens (tertiary/aromatic N) is 4. The number of imidazole rings is 1. The van der Waals surface area contributed by atoms with Crippen LogP contribution in [0.15, 0.2) is 72.0 Å². The van der Waals surface area contributed by atoms with Gasteiger partial charge < -0.3 is 14.4 Å². The molecule has 4 aromatic rings. The molecule has 0 fully saturated rings. The number of likely N-dealkylation sites (N-methyl/N-ethyl adjacent to an activating group) is 1. The Balaban J connectivity index is 1.52. The molecule has 13 heteroatoms. The summed E-state index contributed by atoms with van der Waals surface area (Å²) in [5.74, 6) is -0.779. The Labute approximate surface area is 230 Å². The number of esters is 1. The Morgan fingerprint density at radius 2 is 1.75 bits per heavy atom. The molecule has 1 amide bonds. The number of para-hydroxylation sites is 2. The van der Waals surface area contributed by atoms with Gasteiger partial charge in [-0.05, 0) is 37.3 Å². The summed E-state index contributed by atoms with van der Waals surface area (Å²) in [6.45, 7) is 0.0195. The molecule has 2 aromatic carbocycles. The van der Waals surface area contributed by atoms with Gasteiger partial charge >= 0.3 is 18.2 Å². The first-order valence-corrected chi connectivity index (χ1v) is 13.3. The van der Waals surface area contributed by atoms with Crippen LogP contribution in [0.2, 0.25) is 0 Å². The zero-order valence-electron chi connectivity index (χ0n) is 21.6. The number of ether oxygens (including phenoxy) is 2. The lowest BCUT2D eigenvalue weighted by molar-refractivity contribution is -0.153. The second-order valence-corrected chi connectivity index (χ2v) is 10.0. The fraction of sp³-hybridized carbons (Fsp3) is 0.259. The maximum atomic E-state index is 13.5. The summed E-state index contributed by atoms with van der Waals surface area (Å²) in [5, 5.41) is -0.0536. The van der Waals surface area contributed by atoms with Crippen molar-refractivity contribution in [3.05, 3.63) is 83.7 Å². The van der Waals surface area contributed by atoms with Crippen molar-refractivity contribution in [2.24, 2.45) is 0 Å². The molecule has 0 bridgehead atoms. The molecular weight excluding hydrogens is 549 g/mol. The minimum absolute atomic E-state index is 0.0336. The molecular formula is C27H25F3N4O5S. The van der Waals surface area contributed by atoms with Crippen LogP contribution >= 0.6 is 0 Å². The van der Waals surface area contributed by atoms with E-state index in [2.05, 4.69) is 9.97 Å². The van der Waals surface area contributed by atoms with Crippen LogP contribution in [0.3, 0.4) is 0 Å². The summed E-state index contributed by atoms with van der Waals surface area (Å²) < 4.78 is 62.7. The van der Waals surface area contributed by atoms with E-state index < -0.39 is 35.6 Å². The number of rotatable bonds is 9. The van der Waals surface area contributed by atoms with E-state index in [1.54, 1.807) is 54.6 Å². The predicted octanol–water partition coefficient (Wildman–Crippen LogP) is 4.75. The Morgan fingerprint density at radius 3 is 2.48 bits per heavy atom. The first-order chi connectivity index (χ1) is 19.0. The lowest BCUT2D eigenvalue weighted by Gasteiger charge is -2.19. The average Bonchev–Trinajstić information content (AvgIpc) is 3.32. The predicted molar refractivity (Wildman–Crippen MR) is 141 cm³/mol. The molecule has 0 aliphatic rings. The van der Waals surface area contributed by atoms with Gasteiger partial charge in [-0.25, -0.2) is 19.1 Å². The molecule has 0 N–H and O–H groups in total. The van der Waals surface area contributed by atoms with E-state index in [1.165, 1.54) is 35.7 Å². The molecule has 0 saturated carbocycles. The van der Waals surface area contributed by atoms with Crippen molar-refractivity contribution in [1.29, 1.82) is 0 Å². The number of carbonyl (C=O) groups excluding carboxylic acids is 2. The molecule has 210 valence electrons. The monoisotopic (exact) mass is 574 g/mol. The highest BCUT2D eigenvalue weighted by atomic mass is 32.2. The van der Waals surface area contributed by atoms with Crippen molar-refractivity contribution in [3.8, 4) is 5.75 Å². The molecule has 2 heterocycles. The molecule has 0 radical (unpaired) electrons. The van der Waals surface area contributed by atoms with Crippen molar-refractivity contribution in [2.75, 3.05) is 26.8 Å². The van der Waals surface area contributed by atoms with Gasteiger partial charge in [0.15, 0.2) is 6.61 Å². The summed E-state index contributed by atoms with van der Waals surface area (Å²) >= 11 is 0. The number of aromatic nitrogens is 3. The number of alkyl halides is 3. The van der Waals surface area contributed by atoms with Crippen LogP contribution < -0.4 is 4.74 Å². The first kappa shape index (κ1) is 28.7. The number of hydrogen-bond donors (Lipinski definition) is 0. The van der Waals surface area contributed by atoms with Gasteiger partial charge in [0, 0.05) is 18.8 Å². The number of benzene rings is 2. The van der Waals surface area contributed by atoms with Gasteiger partial charge in [-0.3, -0.25) is 9.19 Å². The van der Waals surface area contributed by atoms with Crippen LogP contribution in [0.5, 0.6) is 5.75 Å². The van der Waals surface area contributed by atoms with E-state index >= 15 is 0 Å². The molecule has 40 heavy (non-hydrogen) atoms. The van der Waals surface area contributed by atoms with Crippen LogP contribution in [-0.2, 0) is 21.3 Å². The van der Waals surface area contributed by atoms with Gasteiger partial charge in [-0.1, -0.05) is 30.3 Å². The number of hydrogen-bond acceptors (Lipinski definition) is 7. The molecule has 0 spiro atoms. The molecule has 2 aromatic heterocycles. The van der Waals surface area contributed by atoms with Crippen LogP contribution in [-0.4, -0.2) is 68.6 Å². The molecule has 0 aliphatic carbocycles. The average molecular weight is 575 g/mol. The van der Waals surface area contributed by atoms with Crippen molar-refractivity contribution in [3.63, 3.8) is 0 Å². The minimum atomic E-state index is -4.52. The summed E-state index contributed by atoms with van der Waals surface area (Å²) in [7, 11) is -0.407. The summed E-state index contributed by atoms with van der Waals surface area (Å²) in [4.78, 5) is 35.6. The van der Waals surface area contributed by atoms with Gasteiger partial charge in [-0.2, -0.15) is 13.2 Å². The highest BCUT2D eigenvalue weighted by Crippen LogP contribution is 2.26. The van der Waals surface area contributed by atoms with E-state index in [0.717, 1.165) is 0 Å². The molecule has 0 saturated heterocycles. The fourth-order valence-corrected chi connectivity index (χ4v) is 5.00. The standard InChI is InChI=1S/C27H25F3N4O5S/c1-18-21(31-13-12-23(18)39-17-27(28,29)30)16-40(37)25-32-20-10-6-7-11-22(20)34(25)26(36)33(2)14-15-38-24(35)19-8-4-3-5-9-19/h3-13H,14-17H2,1-2H3/t40-/m1/s1. The maximum absolute atomic E-state index is 13.5. The molecule has 1 atom stereocenters. The Morgan fingerprint density at radius 1 is 1.05 bits per heavy atom. The fourth-order valence-electron chi connectivity index (χ4n) is 3.75. The second kappa shape index (κ2) is 12.3. The van der Waals surface area contributed by atoms with Crippen LogP contribution in [0, 0.1) is 6.92 Å². The SMILES string of the molecule is Cc1c(OCC(F)(F)F)ccnc1C[S@@](=O)c1nc2ccccc2n1C(=O)N(C)CCOC(=O)c1ccccc1. The zero-order chi connectivity index (χ0) is 28.9. The number of amides is 1. The lowest BCUT2D eigenvalue weighted by atomic mass is 10.2. The van der Waals surface area contributed by atoms with Crippen LogP contribution in [0.25, 0.3) is 11.0 Å². The van der Waals surface area contributed by atoms with Crippen molar-refractivity contribution < 1.29 is 36.4 Å². The Bertz CT molecular complexity index is 1540. The quantitative estimate of drug-likeness (QED) is 0.266. The summed E-state index contributed by atoms with van der Waals surface area (Å²) in [6.07, 6.45) is -3.25. The highest BCUT2D eigenvalue weighted by molar-refractivity contribution is 7.84. The van der Waals surface area contributed by atoms with Gasteiger partial charge in [0.05, 0.1) is 45.4 Å². The van der Waals surface area contributed by atoms with Gasteiger partial charge in [-0.15, -0.1) is 0 Å². The van der Waals surface area contributed by atoms with Gasteiger partial charge in [0.25, 0.3) is 0 Å². The molecule has 9 nitrogen and oxygen atoms in total. The number of halogens is 3. The highest BCUT2D eigenvalue weighted by Gasteiger charge is 2.29. The largest absolute Gasteiger partial charge is 0.484 e. The van der Waals surface area contributed by atoms with E-state index in [-0.39, 0.29) is 35.5 Å². The maximum Gasteiger partial charge on any atom is 0.422 e. The minimum Gasteiger partial charge on any atom is -0.484 e. The number of pyridine rings is 1. The Hall–Kier alpha value is -4.26. The lowest BCUT2D eigenvalue weighted by Crippen LogP contribution is -2.35. The van der Waals surface area contributed by atoms with E-state index in [4.69, 9.17) is 9.47 Å². The molecule has 0 unspecified atom stereocenters. The second-order valence-electron chi connectivity index (χ2n) is 8.70. The van der Waals surface area contributed by atoms with Crippen molar-refractivity contribution in [2.45, 2.75) is 24.0 Å². The van der Waals surface area contributed by atoms with Crippen LogP contribution in [0.4, 0.5) is 18.0 Å². The van der Waals surface area contributed by atoms with Crippen molar-refractivity contribution in [1.82, 2.24) is 19.4 Å². The van der Waals surface area contributed by atoms with Crippen LogP contribution in [0.1, 0.15) is 21.6 Å².